The molecule has 1 atom stereocenters. The van der Waals surface area contributed by atoms with Crippen molar-refractivity contribution in [3.05, 3.63) is 29.3 Å². The van der Waals surface area contributed by atoms with Gasteiger partial charge in [0.25, 0.3) is 0 Å². The van der Waals surface area contributed by atoms with E-state index in [1.165, 1.54) is 17.0 Å². The van der Waals surface area contributed by atoms with E-state index in [0.29, 0.717) is 31.7 Å². The summed E-state index contributed by atoms with van der Waals surface area (Å²) in [6, 6.07) is 2.60. The molecular weight excluding hydrogens is 257 g/mol. The lowest BCUT2D eigenvalue weighted by molar-refractivity contribution is -0.188. The fourth-order valence-corrected chi connectivity index (χ4v) is 2.41. The lowest BCUT2D eigenvalue weighted by atomic mass is 10.0. The van der Waals surface area contributed by atoms with Gasteiger partial charge in [0.15, 0.2) is 0 Å². The molecule has 0 aromatic heterocycles. The first-order valence-corrected chi connectivity index (χ1v) is 6.20. The molecule has 106 valence electrons. The molecule has 2 N–H and O–H groups in total. The van der Waals surface area contributed by atoms with Crippen molar-refractivity contribution in [1.82, 2.24) is 10.2 Å². The van der Waals surface area contributed by atoms with Gasteiger partial charge in [0, 0.05) is 31.7 Å². The zero-order chi connectivity index (χ0) is 14.0. The Balaban J connectivity index is 2.39. The van der Waals surface area contributed by atoms with E-state index in [2.05, 4.69) is 5.32 Å². The fraction of sp³-hybridized carbons (Fsp3) is 0.538. The Morgan fingerprint density at radius 1 is 1.26 bits per heavy atom. The number of piperazine rings is 1. The standard InChI is InChI=1S/C13H17F3N2O/c1-9-2-3-11(19)10(8-9)12(13(14,15)16)18-6-4-17-5-7-18/h2-3,8,12,17,19H,4-7H2,1H3/t12-/m0/s1. The Bertz CT molecular complexity index is 442. The summed E-state index contributed by atoms with van der Waals surface area (Å²) >= 11 is 0. The monoisotopic (exact) mass is 274 g/mol. The summed E-state index contributed by atoms with van der Waals surface area (Å²) in [6.07, 6.45) is -4.40. The van der Waals surface area contributed by atoms with E-state index >= 15 is 0 Å². The van der Waals surface area contributed by atoms with Crippen molar-refractivity contribution in [2.24, 2.45) is 0 Å². The normalized spacial score (nSPS) is 19.4. The number of hydrogen-bond acceptors (Lipinski definition) is 3. The highest BCUT2D eigenvalue weighted by Crippen LogP contribution is 2.41. The molecule has 0 saturated carbocycles. The highest BCUT2D eigenvalue weighted by Gasteiger charge is 2.46. The Morgan fingerprint density at radius 3 is 2.47 bits per heavy atom. The number of nitrogens with one attached hydrogen (secondary N) is 1. The topological polar surface area (TPSA) is 35.5 Å². The number of alkyl halides is 3. The van der Waals surface area contributed by atoms with Gasteiger partial charge in [0.05, 0.1) is 0 Å². The number of rotatable bonds is 2. The third-order valence-corrected chi connectivity index (χ3v) is 3.30. The van der Waals surface area contributed by atoms with Crippen LogP contribution >= 0.6 is 0 Å². The Labute approximate surface area is 110 Å². The molecule has 0 spiro atoms. The summed E-state index contributed by atoms with van der Waals surface area (Å²) < 4.78 is 40.0. The molecule has 0 unspecified atom stereocenters. The van der Waals surface area contributed by atoms with Crippen LogP contribution in [0.15, 0.2) is 18.2 Å². The predicted molar refractivity (Wildman–Crippen MR) is 66.1 cm³/mol. The first kappa shape index (κ1) is 14.1. The molecule has 1 aromatic rings. The summed E-state index contributed by atoms with van der Waals surface area (Å²) in [5, 5.41) is 12.8. The highest BCUT2D eigenvalue weighted by molar-refractivity contribution is 5.39. The van der Waals surface area contributed by atoms with E-state index in [-0.39, 0.29) is 11.3 Å². The molecular formula is C13H17F3N2O. The van der Waals surface area contributed by atoms with Crippen LogP contribution in [0.3, 0.4) is 0 Å². The molecule has 19 heavy (non-hydrogen) atoms. The van der Waals surface area contributed by atoms with Crippen molar-refractivity contribution >= 4 is 0 Å². The fourth-order valence-electron chi connectivity index (χ4n) is 2.41. The van der Waals surface area contributed by atoms with Gasteiger partial charge in [-0.25, -0.2) is 0 Å². The van der Waals surface area contributed by atoms with Gasteiger partial charge in [-0.1, -0.05) is 17.7 Å². The van der Waals surface area contributed by atoms with Crippen LogP contribution in [0.5, 0.6) is 5.75 Å². The van der Waals surface area contributed by atoms with Crippen LogP contribution in [0.1, 0.15) is 17.2 Å². The molecule has 0 aliphatic carbocycles. The second-order valence-electron chi connectivity index (χ2n) is 4.79. The van der Waals surface area contributed by atoms with Crippen LogP contribution in [0.2, 0.25) is 0 Å². The predicted octanol–water partition coefficient (Wildman–Crippen LogP) is 2.21. The first-order chi connectivity index (χ1) is 8.89. The molecule has 1 saturated heterocycles. The van der Waals surface area contributed by atoms with Crippen LogP contribution in [0, 0.1) is 6.92 Å². The van der Waals surface area contributed by atoms with Gasteiger partial charge < -0.3 is 10.4 Å². The summed E-state index contributed by atoms with van der Waals surface area (Å²) in [6.45, 7) is 3.40. The molecule has 2 rings (SSSR count). The molecule has 1 aromatic carbocycles. The SMILES string of the molecule is Cc1ccc(O)c([C@H](N2CCNCC2)C(F)(F)F)c1. The summed E-state index contributed by atoms with van der Waals surface area (Å²) in [5.41, 5.74) is 0.645. The first-order valence-electron chi connectivity index (χ1n) is 6.20. The molecule has 1 heterocycles. The van der Waals surface area contributed by atoms with Crippen LogP contribution in [-0.2, 0) is 0 Å². The van der Waals surface area contributed by atoms with Crippen molar-refractivity contribution < 1.29 is 18.3 Å². The van der Waals surface area contributed by atoms with E-state index < -0.39 is 12.2 Å². The van der Waals surface area contributed by atoms with Crippen LogP contribution < -0.4 is 5.32 Å². The van der Waals surface area contributed by atoms with Crippen molar-refractivity contribution in [3.8, 4) is 5.75 Å². The number of hydrogen-bond donors (Lipinski definition) is 2. The van der Waals surface area contributed by atoms with E-state index in [4.69, 9.17) is 0 Å². The molecule has 6 heteroatoms. The van der Waals surface area contributed by atoms with Gasteiger partial charge in [-0.05, 0) is 13.0 Å². The Morgan fingerprint density at radius 2 is 1.89 bits per heavy atom. The zero-order valence-electron chi connectivity index (χ0n) is 10.7. The van der Waals surface area contributed by atoms with Gasteiger partial charge in [0.1, 0.15) is 11.8 Å². The van der Waals surface area contributed by atoms with Crippen molar-refractivity contribution in [2.45, 2.75) is 19.1 Å². The minimum absolute atomic E-state index is 0.0607. The van der Waals surface area contributed by atoms with Crippen molar-refractivity contribution in [1.29, 1.82) is 0 Å². The second kappa shape index (κ2) is 5.38. The maximum absolute atomic E-state index is 13.3. The highest BCUT2D eigenvalue weighted by atomic mass is 19.4. The maximum atomic E-state index is 13.3. The lowest BCUT2D eigenvalue weighted by Gasteiger charge is -2.36. The molecule has 1 aliphatic heterocycles. The number of aryl methyl sites for hydroxylation is 1. The van der Waals surface area contributed by atoms with Crippen LogP contribution in [-0.4, -0.2) is 42.4 Å². The number of benzene rings is 1. The lowest BCUT2D eigenvalue weighted by Crippen LogP contribution is -2.49. The minimum Gasteiger partial charge on any atom is -0.508 e. The van der Waals surface area contributed by atoms with E-state index in [0.717, 1.165) is 0 Å². The summed E-state index contributed by atoms with van der Waals surface area (Å²) in [5.74, 6) is -0.300. The summed E-state index contributed by atoms with van der Waals surface area (Å²) in [7, 11) is 0. The Hall–Kier alpha value is -1.27. The van der Waals surface area contributed by atoms with Gasteiger partial charge in [-0.3, -0.25) is 4.90 Å². The smallest absolute Gasteiger partial charge is 0.408 e. The van der Waals surface area contributed by atoms with E-state index in [9.17, 15) is 18.3 Å². The number of aromatic hydroxyl groups is 1. The van der Waals surface area contributed by atoms with E-state index in [1.54, 1.807) is 13.0 Å². The van der Waals surface area contributed by atoms with Gasteiger partial charge >= 0.3 is 6.18 Å². The molecule has 3 nitrogen and oxygen atoms in total. The van der Waals surface area contributed by atoms with Crippen LogP contribution in [0.4, 0.5) is 13.2 Å². The van der Waals surface area contributed by atoms with E-state index in [1.807, 2.05) is 0 Å². The molecule has 0 amide bonds. The zero-order valence-corrected chi connectivity index (χ0v) is 10.7. The summed E-state index contributed by atoms with van der Waals surface area (Å²) in [4.78, 5) is 1.37. The largest absolute Gasteiger partial charge is 0.508 e. The molecule has 1 aliphatic rings. The Kier molecular flexibility index (Phi) is 4.01. The number of phenols is 1. The van der Waals surface area contributed by atoms with Crippen molar-refractivity contribution in [2.75, 3.05) is 26.2 Å². The van der Waals surface area contributed by atoms with Gasteiger partial charge in [0.2, 0.25) is 0 Å². The third-order valence-electron chi connectivity index (χ3n) is 3.30. The number of nitrogens with zero attached hydrogens (tertiary/aromatic N) is 1. The van der Waals surface area contributed by atoms with Gasteiger partial charge in [-0.2, -0.15) is 13.2 Å². The second-order valence-corrected chi connectivity index (χ2v) is 4.79. The number of phenolic OH excluding ortho intramolecular Hbond substituents is 1. The van der Waals surface area contributed by atoms with Crippen molar-refractivity contribution in [3.63, 3.8) is 0 Å². The molecule has 0 bridgehead atoms. The number of halogens is 3. The minimum atomic E-state index is -4.40. The maximum Gasteiger partial charge on any atom is 0.408 e. The molecule has 0 radical (unpaired) electrons. The van der Waals surface area contributed by atoms with Crippen LogP contribution in [0.25, 0.3) is 0 Å². The molecule has 1 fully saturated rings. The quantitative estimate of drug-likeness (QED) is 0.868. The van der Waals surface area contributed by atoms with Gasteiger partial charge in [-0.15, -0.1) is 0 Å². The average molecular weight is 274 g/mol. The third kappa shape index (κ3) is 3.19. The average Bonchev–Trinajstić information content (AvgIpc) is 2.33.